The lowest BCUT2D eigenvalue weighted by molar-refractivity contribution is -0.0577. The Hall–Kier alpha value is -2.05. The first-order valence-electron chi connectivity index (χ1n) is 9.56. The number of halogens is 3. The summed E-state index contributed by atoms with van der Waals surface area (Å²) >= 11 is -1.04. The van der Waals surface area contributed by atoms with Crippen LogP contribution in [-0.2, 0) is 11.2 Å². The minimum atomic E-state index is -4.48. The van der Waals surface area contributed by atoms with Crippen LogP contribution in [0, 0.1) is 5.92 Å². The van der Waals surface area contributed by atoms with Gasteiger partial charge in [-0.1, -0.05) is 50.2 Å². The maximum absolute atomic E-state index is 13.2. The van der Waals surface area contributed by atoms with Crippen LogP contribution in [0.25, 0.3) is 16.7 Å². The molecule has 2 atom stereocenters. The summed E-state index contributed by atoms with van der Waals surface area (Å²) in [6, 6.07) is 15.0. The third-order valence-electron chi connectivity index (χ3n) is 4.88. The van der Waals surface area contributed by atoms with Gasteiger partial charge in [-0.05, 0) is 64.8 Å². The van der Waals surface area contributed by atoms with Gasteiger partial charge in [-0.15, -0.1) is 0 Å². The average Bonchev–Trinajstić information content (AvgIpc) is 2.72. The van der Waals surface area contributed by atoms with Crippen molar-refractivity contribution in [3.8, 4) is 11.1 Å². The summed E-state index contributed by atoms with van der Waals surface area (Å²) in [5.74, 6) is 0.502. The highest BCUT2D eigenvalue weighted by Crippen LogP contribution is 2.31. The van der Waals surface area contributed by atoms with Crippen molar-refractivity contribution in [2.45, 2.75) is 38.3 Å². The van der Waals surface area contributed by atoms with Crippen LogP contribution < -0.4 is 0 Å². The lowest BCUT2D eigenvalue weighted by Gasteiger charge is -2.17. The molecule has 2 aromatic rings. The Bertz CT molecular complexity index is 872. The van der Waals surface area contributed by atoms with Gasteiger partial charge in [0.1, 0.15) is 11.5 Å². The first-order valence-corrected chi connectivity index (χ1v) is 10.9. The van der Waals surface area contributed by atoms with Crippen molar-refractivity contribution in [1.29, 1.82) is 0 Å². The van der Waals surface area contributed by atoms with Gasteiger partial charge in [0.05, 0.1) is 0 Å². The molecular weight excluding hydrogens is 395 g/mol. The molecule has 2 nitrogen and oxygen atoms in total. The molecule has 1 unspecified atom stereocenters. The molecular formula is C23H26F3NOS. The van der Waals surface area contributed by atoms with E-state index in [4.69, 9.17) is 0 Å². The SMILES string of the molecule is CC[C@@H](C)/C(=C\C(=N/C)C(F)(F)F)c1ccc(-c2cccc([S+]([O-])CC)c2)cc1. The first kappa shape index (κ1) is 23.2. The molecule has 0 radical (unpaired) electrons. The van der Waals surface area contributed by atoms with Crippen molar-refractivity contribution in [1.82, 2.24) is 0 Å². The van der Waals surface area contributed by atoms with Gasteiger partial charge >= 0.3 is 6.18 Å². The minimum absolute atomic E-state index is 0.0461. The van der Waals surface area contributed by atoms with Crippen LogP contribution in [-0.4, -0.2) is 29.2 Å². The zero-order valence-corrected chi connectivity index (χ0v) is 17.9. The second kappa shape index (κ2) is 10.1. The molecule has 0 aliphatic heterocycles. The molecule has 2 rings (SSSR count). The summed E-state index contributed by atoms with van der Waals surface area (Å²) in [7, 11) is 1.16. The summed E-state index contributed by atoms with van der Waals surface area (Å²) in [4.78, 5) is 4.19. The molecule has 0 saturated carbocycles. The van der Waals surface area contributed by atoms with E-state index in [1.807, 2.05) is 69.3 Å². The monoisotopic (exact) mass is 421 g/mol. The number of alkyl halides is 3. The average molecular weight is 422 g/mol. The lowest BCUT2D eigenvalue weighted by atomic mass is 9.89. The molecule has 0 aliphatic rings. The summed E-state index contributed by atoms with van der Waals surface area (Å²) in [5, 5.41) is 0. The molecule has 0 amide bonds. The molecule has 0 aromatic heterocycles. The van der Waals surface area contributed by atoms with Crippen molar-refractivity contribution in [3.05, 3.63) is 60.2 Å². The molecule has 0 N–H and O–H groups in total. The summed E-state index contributed by atoms with van der Waals surface area (Å²) < 4.78 is 51.6. The maximum atomic E-state index is 13.2. The number of allylic oxidation sites excluding steroid dienone is 2. The van der Waals surface area contributed by atoms with E-state index in [1.165, 1.54) is 0 Å². The Morgan fingerprint density at radius 2 is 1.76 bits per heavy atom. The predicted molar refractivity (Wildman–Crippen MR) is 116 cm³/mol. The van der Waals surface area contributed by atoms with Gasteiger partial charge in [-0.3, -0.25) is 4.99 Å². The number of aliphatic imine (C=N–C) groups is 1. The fraction of sp³-hybridized carbons (Fsp3) is 0.348. The molecule has 0 saturated heterocycles. The van der Waals surface area contributed by atoms with Gasteiger partial charge in [-0.25, -0.2) is 0 Å². The Morgan fingerprint density at radius 3 is 2.28 bits per heavy atom. The number of benzene rings is 2. The first-order chi connectivity index (χ1) is 13.7. The number of nitrogens with zero attached hydrogens (tertiary/aromatic N) is 1. The summed E-state index contributed by atoms with van der Waals surface area (Å²) in [5.41, 5.74) is 2.31. The molecule has 29 heavy (non-hydrogen) atoms. The highest BCUT2D eigenvalue weighted by Gasteiger charge is 2.34. The zero-order chi connectivity index (χ0) is 21.6. The molecule has 0 aliphatic carbocycles. The second-order valence-electron chi connectivity index (χ2n) is 6.75. The third-order valence-corrected chi connectivity index (χ3v) is 6.18. The fourth-order valence-corrected chi connectivity index (χ4v) is 3.81. The van der Waals surface area contributed by atoms with Crippen molar-refractivity contribution >= 4 is 22.5 Å². The quantitative estimate of drug-likeness (QED) is 0.369. The van der Waals surface area contributed by atoms with Crippen LogP contribution in [0.1, 0.15) is 32.8 Å². The minimum Gasteiger partial charge on any atom is -0.611 e. The van der Waals surface area contributed by atoms with Crippen LogP contribution >= 0.6 is 0 Å². The molecule has 0 fully saturated rings. The zero-order valence-electron chi connectivity index (χ0n) is 17.1. The third kappa shape index (κ3) is 5.97. The number of hydrogen-bond donors (Lipinski definition) is 0. The molecule has 6 heteroatoms. The van der Waals surface area contributed by atoms with Gasteiger partial charge < -0.3 is 4.55 Å². The Morgan fingerprint density at radius 1 is 1.10 bits per heavy atom. The van der Waals surface area contributed by atoms with E-state index in [-0.39, 0.29) is 5.92 Å². The van der Waals surface area contributed by atoms with Crippen LogP contribution in [0.15, 0.2) is 64.5 Å². The molecule has 0 heterocycles. The van der Waals surface area contributed by atoms with E-state index >= 15 is 0 Å². The number of rotatable bonds is 7. The van der Waals surface area contributed by atoms with Crippen molar-refractivity contribution in [2.75, 3.05) is 12.8 Å². The van der Waals surface area contributed by atoms with E-state index in [0.29, 0.717) is 17.7 Å². The van der Waals surface area contributed by atoms with Gasteiger partial charge in [0.2, 0.25) is 0 Å². The summed E-state index contributed by atoms with van der Waals surface area (Å²) in [6.07, 6.45) is -2.62. The Balaban J connectivity index is 2.42. The van der Waals surface area contributed by atoms with E-state index in [0.717, 1.165) is 34.7 Å². The maximum Gasteiger partial charge on any atom is 0.432 e. The van der Waals surface area contributed by atoms with Gasteiger partial charge in [0.25, 0.3) is 0 Å². The van der Waals surface area contributed by atoms with Gasteiger partial charge in [-0.2, -0.15) is 13.2 Å². The van der Waals surface area contributed by atoms with E-state index in [1.54, 1.807) is 0 Å². The molecule has 0 spiro atoms. The smallest absolute Gasteiger partial charge is 0.432 e. The lowest BCUT2D eigenvalue weighted by Crippen LogP contribution is -2.21. The van der Waals surface area contributed by atoms with Gasteiger partial charge in [0.15, 0.2) is 4.90 Å². The highest BCUT2D eigenvalue weighted by atomic mass is 32.2. The van der Waals surface area contributed by atoms with E-state index < -0.39 is 23.1 Å². The van der Waals surface area contributed by atoms with Crippen LogP contribution in [0.2, 0.25) is 0 Å². The van der Waals surface area contributed by atoms with Crippen LogP contribution in [0.4, 0.5) is 13.2 Å². The van der Waals surface area contributed by atoms with Crippen LogP contribution in [0.3, 0.4) is 0 Å². The topological polar surface area (TPSA) is 35.4 Å². The molecule has 156 valence electrons. The number of hydrogen-bond acceptors (Lipinski definition) is 2. The molecule has 2 aromatic carbocycles. The van der Waals surface area contributed by atoms with Crippen LogP contribution in [0.5, 0.6) is 0 Å². The van der Waals surface area contributed by atoms with Gasteiger partial charge in [0, 0.05) is 13.1 Å². The Kier molecular flexibility index (Phi) is 8.11. The van der Waals surface area contributed by atoms with Crippen molar-refractivity contribution < 1.29 is 17.7 Å². The summed E-state index contributed by atoms with van der Waals surface area (Å²) in [6.45, 7) is 5.73. The van der Waals surface area contributed by atoms with E-state index in [9.17, 15) is 17.7 Å². The predicted octanol–water partition coefficient (Wildman–Crippen LogP) is 6.54. The Labute approximate surface area is 173 Å². The second-order valence-corrected chi connectivity index (χ2v) is 8.49. The van der Waals surface area contributed by atoms with E-state index in [2.05, 4.69) is 4.99 Å². The highest BCUT2D eigenvalue weighted by molar-refractivity contribution is 7.91. The molecule has 0 bridgehead atoms. The normalized spacial score (nSPS) is 15.3. The standard InChI is InChI=1S/C23H26F3NOS/c1-5-16(3)21(15-22(27-4)23(24,25)26)18-12-10-17(11-13-18)19-8-7-9-20(14-19)29(28)6-2/h7-16H,5-6H2,1-4H3/b21-15+,27-22+/t16-,29?/m1/s1. The largest absolute Gasteiger partial charge is 0.611 e. The fourth-order valence-electron chi connectivity index (χ4n) is 2.99. The van der Waals surface area contributed by atoms with Crippen molar-refractivity contribution in [3.63, 3.8) is 0 Å². The van der Waals surface area contributed by atoms with Crippen molar-refractivity contribution in [2.24, 2.45) is 10.9 Å².